The fourth-order valence-electron chi connectivity index (χ4n) is 4.33. The van der Waals surface area contributed by atoms with Crippen molar-refractivity contribution in [3.8, 4) is 11.5 Å². The first-order chi connectivity index (χ1) is 15.9. The second kappa shape index (κ2) is 10.7. The van der Waals surface area contributed by atoms with E-state index in [0.717, 1.165) is 11.1 Å². The number of aryl methyl sites for hydroxylation is 1. The first kappa shape index (κ1) is 23.8. The predicted octanol–water partition coefficient (Wildman–Crippen LogP) is 3.25. The number of carbonyl (C=O) groups excluding carboxylic acids is 1. The van der Waals surface area contributed by atoms with E-state index < -0.39 is 5.60 Å². The maximum atomic E-state index is 13.2. The van der Waals surface area contributed by atoms with E-state index >= 15 is 0 Å². The second-order valence-electron chi connectivity index (χ2n) is 8.79. The highest BCUT2D eigenvalue weighted by atomic mass is 35.5. The fourth-order valence-corrected chi connectivity index (χ4v) is 4.46. The van der Waals surface area contributed by atoms with E-state index in [4.69, 9.17) is 25.8 Å². The molecule has 0 bridgehead atoms. The molecule has 1 N–H and O–H groups in total. The lowest BCUT2D eigenvalue weighted by Gasteiger charge is -2.43. The van der Waals surface area contributed by atoms with Gasteiger partial charge in [-0.3, -0.25) is 9.69 Å². The highest BCUT2D eigenvalue weighted by molar-refractivity contribution is 6.30. The Morgan fingerprint density at radius 1 is 1.12 bits per heavy atom. The number of phenolic OH excluding ortho intramolecular Hbond substituents is 1. The van der Waals surface area contributed by atoms with Crippen molar-refractivity contribution in [2.24, 2.45) is 0 Å². The van der Waals surface area contributed by atoms with Crippen molar-refractivity contribution in [2.45, 2.75) is 25.5 Å². The van der Waals surface area contributed by atoms with Crippen LogP contribution in [0, 0.1) is 6.92 Å². The zero-order chi connectivity index (χ0) is 23.3. The van der Waals surface area contributed by atoms with Crippen LogP contribution in [0.4, 0.5) is 0 Å². The van der Waals surface area contributed by atoms with Crippen LogP contribution in [0.15, 0.2) is 42.5 Å². The van der Waals surface area contributed by atoms with Gasteiger partial charge in [0.25, 0.3) is 0 Å². The molecule has 178 valence electrons. The Bertz CT molecular complexity index is 948. The van der Waals surface area contributed by atoms with E-state index in [1.807, 2.05) is 36.1 Å². The molecule has 0 spiro atoms. The number of carbonyl (C=O) groups is 1. The number of nitrogens with zero attached hydrogens (tertiary/aromatic N) is 2. The number of halogens is 1. The van der Waals surface area contributed by atoms with Gasteiger partial charge in [-0.15, -0.1) is 0 Å². The zero-order valence-corrected chi connectivity index (χ0v) is 19.7. The first-order valence-corrected chi connectivity index (χ1v) is 11.7. The summed E-state index contributed by atoms with van der Waals surface area (Å²) in [7, 11) is 0. The summed E-state index contributed by atoms with van der Waals surface area (Å²) in [5.41, 5.74) is 1.16. The number of aromatic hydroxyl groups is 1. The van der Waals surface area contributed by atoms with Crippen molar-refractivity contribution >= 4 is 17.5 Å². The normalized spacial score (nSPS) is 21.7. The molecule has 0 saturated carbocycles. The molecule has 33 heavy (non-hydrogen) atoms. The van der Waals surface area contributed by atoms with Gasteiger partial charge in [0, 0.05) is 43.3 Å². The average molecular weight is 475 g/mol. The minimum Gasteiger partial charge on any atom is -0.508 e. The molecule has 1 amide bonds. The van der Waals surface area contributed by atoms with Crippen LogP contribution in [-0.4, -0.2) is 79.0 Å². The Morgan fingerprint density at radius 3 is 2.64 bits per heavy atom. The van der Waals surface area contributed by atoms with Gasteiger partial charge in [-0.1, -0.05) is 29.3 Å². The average Bonchev–Trinajstić information content (AvgIpc) is 2.82. The maximum Gasteiger partial charge on any atom is 0.225 e. The molecular formula is C25H31ClN2O5. The van der Waals surface area contributed by atoms with Crippen LogP contribution in [0.2, 0.25) is 5.02 Å². The molecule has 1 atom stereocenters. The lowest BCUT2D eigenvalue weighted by atomic mass is 9.96. The van der Waals surface area contributed by atoms with Crippen molar-refractivity contribution in [2.75, 3.05) is 52.6 Å². The maximum absolute atomic E-state index is 13.2. The second-order valence-corrected chi connectivity index (χ2v) is 9.22. The summed E-state index contributed by atoms with van der Waals surface area (Å²) in [5, 5.41) is 11.0. The van der Waals surface area contributed by atoms with Gasteiger partial charge in [0.2, 0.25) is 5.91 Å². The van der Waals surface area contributed by atoms with Gasteiger partial charge in [-0.2, -0.15) is 0 Å². The van der Waals surface area contributed by atoms with Crippen molar-refractivity contribution in [1.82, 2.24) is 9.80 Å². The minimum atomic E-state index is -0.799. The van der Waals surface area contributed by atoms with Crippen LogP contribution >= 0.6 is 11.6 Å². The summed E-state index contributed by atoms with van der Waals surface area (Å²) < 4.78 is 17.7. The van der Waals surface area contributed by atoms with Crippen LogP contribution in [0.5, 0.6) is 11.5 Å². The summed E-state index contributed by atoms with van der Waals surface area (Å²) in [6.45, 7) is 6.82. The lowest BCUT2D eigenvalue weighted by Crippen LogP contribution is -2.57. The SMILES string of the molecule is Cc1ccc(O)c(CN2CCO[C@](COc3ccc(Cl)cc3)(CC(=O)N3CCOCC3)C2)c1. The molecule has 0 radical (unpaired) electrons. The molecule has 8 heteroatoms. The van der Waals surface area contributed by atoms with Gasteiger partial charge in [-0.25, -0.2) is 0 Å². The number of ether oxygens (including phenoxy) is 3. The quantitative estimate of drug-likeness (QED) is 0.664. The topological polar surface area (TPSA) is 71.5 Å². The Labute approximate surface area is 199 Å². The highest BCUT2D eigenvalue weighted by Gasteiger charge is 2.41. The Morgan fingerprint density at radius 2 is 1.88 bits per heavy atom. The van der Waals surface area contributed by atoms with E-state index in [9.17, 15) is 9.90 Å². The Hall–Kier alpha value is -2.32. The molecule has 0 unspecified atom stereocenters. The van der Waals surface area contributed by atoms with Gasteiger partial charge in [-0.05, 0) is 37.3 Å². The molecule has 2 aliphatic heterocycles. The molecule has 0 aromatic heterocycles. The monoisotopic (exact) mass is 474 g/mol. The Kier molecular flexibility index (Phi) is 7.75. The van der Waals surface area contributed by atoms with Crippen molar-refractivity contribution < 1.29 is 24.1 Å². The van der Waals surface area contributed by atoms with Crippen LogP contribution in [0.3, 0.4) is 0 Å². The van der Waals surface area contributed by atoms with E-state index in [1.165, 1.54) is 0 Å². The van der Waals surface area contributed by atoms with Gasteiger partial charge in [0.05, 0.1) is 26.2 Å². The molecule has 2 heterocycles. The molecular weight excluding hydrogens is 444 g/mol. The van der Waals surface area contributed by atoms with Gasteiger partial charge in [0.1, 0.15) is 23.7 Å². The number of amides is 1. The van der Waals surface area contributed by atoms with Crippen molar-refractivity contribution in [3.05, 3.63) is 58.6 Å². The zero-order valence-electron chi connectivity index (χ0n) is 19.0. The molecule has 0 aliphatic carbocycles. The molecule has 2 aromatic carbocycles. The number of morpholine rings is 2. The van der Waals surface area contributed by atoms with Crippen LogP contribution < -0.4 is 4.74 Å². The van der Waals surface area contributed by atoms with Crippen LogP contribution in [0.1, 0.15) is 17.5 Å². The first-order valence-electron chi connectivity index (χ1n) is 11.3. The number of benzene rings is 2. The van der Waals surface area contributed by atoms with E-state index in [1.54, 1.807) is 18.2 Å². The lowest BCUT2D eigenvalue weighted by molar-refractivity contribution is -0.159. The Balaban J connectivity index is 1.50. The van der Waals surface area contributed by atoms with Crippen LogP contribution in [-0.2, 0) is 20.8 Å². The van der Waals surface area contributed by atoms with Crippen molar-refractivity contribution in [3.63, 3.8) is 0 Å². The number of hydrogen-bond donors (Lipinski definition) is 1. The summed E-state index contributed by atoms with van der Waals surface area (Å²) in [6.07, 6.45) is 0.219. The molecule has 2 saturated heterocycles. The minimum absolute atomic E-state index is 0.0401. The summed E-state index contributed by atoms with van der Waals surface area (Å²) >= 11 is 5.99. The van der Waals surface area contributed by atoms with E-state index in [2.05, 4.69) is 4.90 Å². The smallest absolute Gasteiger partial charge is 0.225 e. The third-order valence-corrected chi connectivity index (χ3v) is 6.36. The highest BCUT2D eigenvalue weighted by Crippen LogP contribution is 2.28. The molecule has 2 aromatic rings. The standard InChI is InChI=1S/C25H31ClN2O5/c1-19-2-7-23(29)20(14-19)16-27-8-13-33-25(17-27,15-24(30)28-9-11-31-12-10-28)18-32-22-5-3-21(26)4-6-22/h2-7,14,29H,8-13,15-18H2,1H3/t25-/m1/s1. The molecule has 7 nitrogen and oxygen atoms in total. The summed E-state index contributed by atoms with van der Waals surface area (Å²) in [4.78, 5) is 17.2. The molecule has 4 rings (SSSR count). The van der Waals surface area contributed by atoms with Gasteiger partial charge in [0.15, 0.2) is 0 Å². The largest absolute Gasteiger partial charge is 0.508 e. The number of hydrogen-bond acceptors (Lipinski definition) is 6. The van der Waals surface area contributed by atoms with Crippen molar-refractivity contribution in [1.29, 1.82) is 0 Å². The summed E-state index contributed by atoms with van der Waals surface area (Å²) in [6, 6.07) is 12.8. The number of rotatable bonds is 7. The van der Waals surface area contributed by atoms with Gasteiger partial charge >= 0.3 is 0 Å². The van der Waals surface area contributed by atoms with E-state index in [-0.39, 0.29) is 24.7 Å². The number of phenols is 1. The third-order valence-electron chi connectivity index (χ3n) is 6.11. The van der Waals surface area contributed by atoms with E-state index in [0.29, 0.717) is 63.3 Å². The predicted molar refractivity (Wildman–Crippen MR) is 126 cm³/mol. The fraction of sp³-hybridized carbons (Fsp3) is 0.480. The molecule has 2 fully saturated rings. The van der Waals surface area contributed by atoms with Crippen LogP contribution in [0.25, 0.3) is 0 Å². The summed E-state index contributed by atoms with van der Waals surface area (Å²) in [5.74, 6) is 0.993. The molecule has 2 aliphatic rings. The third kappa shape index (κ3) is 6.38. The van der Waals surface area contributed by atoms with Gasteiger partial charge < -0.3 is 24.2 Å².